The lowest BCUT2D eigenvalue weighted by Crippen LogP contribution is -2.44. The second-order valence-corrected chi connectivity index (χ2v) is 13.9. The average molecular weight is 599 g/mol. The van der Waals surface area contributed by atoms with Crippen LogP contribution < -0.4 is 0 Å². The molecule has 224 valence electrons. The minimum Gasteiger partial charge on any atom is -0.379 e. The van der Waals surface area contributed by atoms with Crippen LogP contribution in [0.15, 0.2) is 47.2 Å². The van der Waals surface area contributed by atoms with E-state index >= 15 is 0 Å². The molecule has 1 saturated heterocycles. The zero-order valence-corrected chi connectivity index (χ0v) is 25.9. The Morgan fingerprint density at radius 2 is 1.79 bits per heavy atom. The van der Waals surface area contributed by atoms with Gasteiger partial charge in [-0.15, -0.1) is 0 Å². The molecular formula is C33H38N6O3S. The fourth-order valence-corrected chi connectivity index (χ4v) is 7.28. The molecule has 0 unspecified atom stereocenters. The second kappa shape index (κ2) is 11.6. The fourth-order valence-electron chi connectivity index (χ4n) is 6.32. The number of imidazole rings is 1. The van der Waals surface area contributed by atoms with Gasteiger partial charge >= 0.3 is 0 Å². The van der Waals surface area contributed by atoms with Crippen LogP contribution in [0, 0.1) is 0 Å². The molecule has 1 aliphatic carbocycles. The number of hydrogen-bond acceptors (Lipinski definition) is 9. The number of morpholine rings is 1. The van der Waals surface area contributed by atoms with E-state index in [1.54, 1.807) is 11.3 Å². The summed E-state index contributed by atoms with van der Waals surface area (Å²) < 4.78 is 13.0. The van der Waals surface area contributed by atoms with E-state index in [9.17, 15) is 4.79 Å². The molecular weight excluding hydrogens is 560 g/mol. The maximum Gasteiger partial charge on any atom is 0.196 e. The number of benzene rings is 1. The van der Waals surface area contributed by atoms with Crippen molar-refractivity contribution < 1.29 is 14.1 Å². The molecule has 1 aromatic carbocycles. The highest BCUT2D eigenvalue weighted by Gasteiger charge is 2.29. The third kappa shape index (κ3) is 6.01. The van der Waals surface area contributed by atoms with Gasteiger partial charge in [0.25, 0.3) is 0 Å². The third-order valence-electron chi connectivity index (χ3n) is 8.83. The van der Waals surface area contributed by atoms with Gasteiger partial charge in [-0.05, 0) is 31.2 Å². The van der Waals surface area contributed by atoms with Gasteiger partial charge in [0.1, 0.15) is 27.7 Å². The first-order chi connectivity index (χ1) is 20.8. The summed E-state index contributed by atoms with van der Waals surface area (Å²) in [6.45, 7) is 10.0. The van der Waals surface area contributed by atoms with E-state index in [0.29, 0.717) is 24.1 Å². The van der Waals surface area contributed by atoms with Crippen LogP contribution in [-0.2, 0) is 27.8 Å². The minimum absolute atomic E-state index is 0.111. The molecule has 0 bridgehead atoms. The van der Waals surface area contributed by atoms with Crippen LogP contribution in [0.5, 0.6) is 0 Å². The lowest BCUT2D eigenvalue weighted by atomic mass is 9.84. The Morgan fingerprint density at radius 3 is 2.51 bits per heavy atom. The van der Waals surface area contributed by atoms with E-state index in [1.165, 1.54) is 12.8 Å². The summed E-state index contributed by atoms with van der Waals surface area (Å²) in [4.78, 5) is 31.9. The number of ketones is 1. The summed E-state index contributed by atoms with van der Waals surface area (Å²) in [5.41, 5.74) is 4.43. The van der Waals surface area contributed by atoms with Crippen LogP contribution in [0.1, 0.15) is 75.2 Å². The highest BCUT2D eigenvalue weighted by atomic mass is 32.1. The normalized spacial score (nSPS) is 20.3. The van der Waals surface area contributed by atoms with Gasteiger partial charge in [-0.3, -0.25) is 14.1 Å². The predicted molar refractivity (Wildman–Crippen MR) is 167 cm³/mol. The standard InChI is InChI=1S/C33H38N6O3S/c1-33(2,3)29-18-24(37-42-29)17-26(40)16-21-4-6-22(7-5-21)27-20-39-28-19-34-30(36-31(28)43-32(39)35-27)23-8-10-25(11-9-23)38-12-14-41-15-13-38/h4-7,18-20,23,25H,8-17H2,1-3H3. The molecule has 0 radical (unpaired) electrons. The van der Waals surface area contributed by atoms with Gasteiger partial charge < -0.3 is 9.26 Å². The molecule has 1 saturated carbocycles. The molecule has 1 aliphatic heterocycles. The number of aromatic nitrogens is 5. The molecule has 0 amide bonds. The number of carbonyl (C=O) groups excluding carboxylic acids is 1. The number of ether oxygens (including phenoxy) is 1. The van der Waals surface area contributed by atoms with Crippen LogP contribution in [0.2, 0.25) is 0 Å². The van der Waals surface area contributed by atoms with E-state index in [0.717, 1.165) is 82.9 Å². The van der Waals surface area contributed by atoms with Crippen molar-refractivity contribution >= 4 is 32.4 Å². The Hall–Kier alpha value is -3.47. The smallest absolute Gasteiger partial charge is 0.196 e. The van der Waals surface area contributed by atoms with Gasteiger partial charge in [0.2, 0.25) is 0 Å². The highest BCUT2D eigenvalue weighted by Crippen LogP contribution is 2.35. The molecule has 10 heteroatoms. The molecule has 0 atom stereocenters. The van der Waals surface area contributed by atoms with Gasteiger partial charge in [0, 0.05) is 54.7 Å². The molecule has 4 aromatic heterocycles. The lowest BCUT2D eigenvalue weighted by molar-refractivity contribution is -0.117. The van der Waals surface area contributed by atoms with Crippen LogP contribution in [0.3, 0.4) is 0 Å². The van der Waals surface area contributed by atoms with Gasteiger partial charge in [-0.1, -0.05) is 61.5 Å². The monoisotopic (exact) mass is 598 g/mol. The summed E-state index contributed by atoms with van der Waals surface area (Å²) in [5.74, 6) is 2.30. The van der Waals surface area contributed by atoms with Crippen molar-refractivity contribution in [2.45, 2.75) is 76.7 Å². The summed E-state index contributed by atoms with van der Waals surface area (Å²) in [7, 11) is 0. The maximum atomic E-state index is 12.7. The SMILES string of the molecule is CC(C)(C)c1cc(CC(=O)Cc2ccc(-c3cn4c(n3)sc3nc(C5CCC(N6CCOCC6)CC5)ncc34)cc2)no1. The van der Waals surface area contributed by atoms with Crippen molar-refractivity contribution in [3.05, 3.63) is 65.6 Å². The first kappa shape index (κ1) is 28.3. The Morgan fingerprint density at radius 1 is 1.02 bits per heavy atom. The third-order valence-corrected chi connectivity index (χ3v) is 9.79. The molecule has 0 spiro atoms. The van der Waals surface area contributed by atoms with Crippen LogP contribution in [-0.4, -0.2) is 67.5 Å². The minimum atomic E-state index is -0.128. The van der Waals surface area contributed by atoms with Crippen molar-refractivity contribution in [2.24, 2.45) is 0 Å². The zero-order valence-electron chi connectivity index (χ0n) is 25.1. The Balaban J connectivity index is 0.994. The summed E-state index contributed by atoms with van der Waals surface area (Å²) in [6.07, 6.45) is 9.34. The second-order valence-electron chi connectivity index (χ2n) is 13.0. The van der Waals surface area contributed by atoms with Crippen LogP contribution in [0.25, 0.3) is 26.6 Å². The Labute approximate surface area is 255 Å². The summed E-state index contributed by atoms with van der Waals surface area (Å²) in [6, 6.07) is 10.6. The van der Waals surface area contributed by atoms with E-state index in [-0.39, 0.29) is 17.6 Å². The topological polar surface area (TPSA) is 98.7 Å². The average Bonchev–Trinajstić information content (AvgIpc) is 3.73. The number of Topliss-reactive ketones (excluding diaryl/α,β-unsaturated/α-hetero) is 1. The Bertz CT molecular complexity index is 1730. The van der Waals surface area contributed by atoms with Gasteiger partial charge in [0.05, 0.1) is 37.2 Å². The summed E-state index contributed by atoms with van der Waals surface area (Å²) >= 11 is 1.61. The number of nitrogens with zero attached hydrogens (tertiary/aromatic N) is 6. The van der Waals surface area contributed by atoms with Crippen molar-refractivity contribution in [2.75, 3.05) is 26.3 Å². The summed E-state index contributed by atoms with van der Waals surface area (Å²) in [5, 5.41) is 4.08. The molecule has 2 fully saturated rings. The molecule has 43 heavy (non-hydrogen) atoms. The predicted octanol–water partition coefficient (Wildman–Crippen LogP) is 6.00. The molecule has 9 nitrogen and oxygen atoms in total. The van der Waals surface area contributed by atoms with Gasteiger partial charge in [-0.2, -0.15) is 0 Å². The van der Waals surface area contributed by atoms with E-state index in [1.807, 2.05) is 36.5 Å². The number of hydrogen-bond donors (Lipinski definition) is 0. The molecule has 0 N–H and O–H groups in total. The maximum absolute atomic E-state index is 12.7. The fraction of sp³-hybridized carbons (Fsp3) is 0.485. The lowest BCUT2D eigenvalue weighted by Gasteiger charge is -2.38. The number of fused-ring (bicyclic) bond motifs is 3. The van der Waals surface area contributed by atoms with Crippen molar-refractivity contribution in [3.63, 3.8) is 0 Å². The molecule has 5 aromatic rings. The van der Waals surface area contributed by atoms with Crippen LogP contribution >= 0.6 is 11.3 Å². The van der Waals surface area contributed by atoms with Gasteiger partial charge in [-0.25, -0.2) is 15.0 Å². The van der Waals surface area contributed by atoms with E-state index in [4.69, 9.17) is 24.2 Å². The molecule has 7 rings (SSSR count). The number of rotatable bonds is 7. The van der Waals surface area contributed by atoms with Crippen molar-refractivity contribution in [3.8, 4) is 11.3 Å². The molecule has 5 heterocycles. The van der Waals surface area contributed by atoms with E-state index < -0.39 is 0 Å². The van der Waals surface area contributed by atoms with E-state index in [2.05, 4.69) is 41.4 Å². The van der Waals surface area contributed by atoms with Crippen LogP contribution in [0.4, 0.5) is 0 Å². The first-order valence-electron chi connectivity index (χ1n) is 15.3. The highest BCUT2D eigenvalue weighted by molar-refractivity contribution is 7.23. The van der Waals surface area contributed by atoms with Crippen molar-refractivity contribution in [1.82, 2.24) is 29.4 Å². The Kier molecular flexibility index (Phi) is 7.61. The van der Waals surface area contributed by atoms with Gasteiger partial charge in [0.15, 0.2) is 4.96 Å². The number of thiazole rings is 1. The first-order valence-corrected chi connectivity index (χ1v) is 16.2. The largest absolute Gasteiger partial charge is 0.379 e. The van der Waals surface area contributed by atoms with Crippen molar-refractivity contribution in [1.29, 1.82) is 0 Å². The molecule has 2 aliphatic rings. The quantitative estimate of drug-likeness (QED) is 0.225. The zero-order chi connectivity index (χ0) is 29.6. The number of carbonyl (C=O) groups is 1.